The molecule has 0 unspecified atom stereocenters. The van der Waals surface area contributed by atoms with Gasteiger partial charge < -0.3 is 4.74 Å². The molecule has 0 heterocycles. The van der Waals surface area contributed by atoms with Crippen LogP contribution in [0.1, 0.15) is 29.8 Å². The van der Waals surface area contributed by atoms with Crippen molar-refractivity contribution in [1.29, 1.82) is 0 Å². The minimum atomic E-state index is 0.0752. The summed E-state index contributed by atoms with van der Waals surface area (Å²) in [7, 11) is 1.70. The highest BCUT2D eigenvalue weighted by atomic mass is 16.5. The van der Waals surface area contributed by atoms with Gasteiger partial charge in [0.25, 0.3) is 0 Å². The summed E-state index contributed by atoms with van der Waals surface area (Å²) in [6.07, 6.45) is 0.384. The highest BCUT2D eigenvalue weighted by Gasteiger charge is 2.06. The second-order valence-corrected chi connectivity index (χ2v) is 4.35. The van der Waals surface area contributed by atoms with E-state index in [0.29, 0.717) is 6.10 Å². The molecule has 0 aromatic heterocycles. The molecule has 2 nitrogen and oxygen atoms in total. The maximum atomic E-state index is 11.8. The Morgan fingerprint density at radius 3 is 1.42 bits per heavy atom. The number of carbonyl (C=O) groups excluding carboxylic acids is 1. The largest absolute Gasteiger partial charge is 0.382 e. The van der Waals surface area contributed by atoms with E-state index in [2.05, 4.69) is 0 Å². The van der Waals surface area contributed by atoms with Gasteiger partial charge in [-0.05, 0) is 13.8 Å². The van der Waals surface area contributed by atoms with E-state index in [1.54, 1.807) is 7.11 Å². The summed E-state index contributed by atoms with van der Waals surface area (Å²) < 4.78 is 4.75. The van der Waals surface area contributed by atoms with Crippen molar-refractivity contribution in [3.8, 4) is 0 Å². The van der Waals surface area contributed by atoms with Gasteiger partial charge in [-0.15, -0.1) is 0 Å². The molecule has 19 heavy (non-hydrogen) atoms. The lowest BCUT2D eigenvalue weighted by Crippen LogP contribution is -1.99. The van der Waals surface area contributed by atoms with Gasteiger partial charge in [-0.1, -0.05) is 60.7 Å². The zero-order valence-electron chi connectivity index (χ0n) is 11.7. The monoisotopic (exact) mass is 256 g/mol. The van der Waals surface area contributed by atoms with E-state index in [-0.39, 0.29) is 5.78 Å². The summed E-state index contributed by atoms with van der Waals surface area (Å²) in [5.74, 6) is 0.0752. The summed E-state index contributed by atoms with van der Waals surface area (Å²) in [4.78, 5) is 11.8. The lowest BCUT2D eigenvalue weighted by Gasteiger charge is -1.99. The van der Waals surface area contributed by atoms with Crippen LogP contribution in [0.5, 0.6) is 0 Å². The van der Waals surface area contributed by atoms with Crippen LogP contribution in [-0.2, 0) is 4.74 Å². The molecule has 2 aromatic carbocycles. The first kappa shape index (κ1) is 15.1. The van der Waals surface area contributed by atoms with Crippen LogP contribution >= 0.6 is 0 Å². The predicted molar refractivity (Wildman–Crippen MR) is 78.5 cm³/mol. The third-order valence-corrected chi connectivity index (χ3v) is 2.54. The minimum absolute atomic E-state index is 0.0752. The van der Waals surface area contributed by atoms with E-state index < -0.39 is 0 Å². The van der Waals surface area contributed by atoms with Gasteiger partial charge in [0.2, 0.25) is 0 Å². The Bertz CT molecular complexity index is 434. The molecule has 0 fully saturated rings. The van der Waals surface area contributed by atoms with Crippen molar-refractivity contribution >= 4 is 5.78 Å². The van der Waals surface area contributed by atoms with Crippen molar-refractivity contribution in [2.24, 2.45) is 0 Å². The first-order valence-corrected chi connectivity index (χ1v) is 6.32. The third-order valence-electron chi connectivity index (χ3n) is 2.54. The molecule has 0 atom stereocenters. The van der Waals surface area contributed by atoms with Crippen molar-refractivity contribution in [1.82, 2.24) is 0 Å². The van der Waals surface area contributed by atoms with Gasteiger partial charge in [-0.2, -0.15) is 0 Å². The highest BCUT2D eigenvalue weighted by Crippen LogP contribution is 2.08. The Labute approximate surface area is 115 Å². The molecule has 0 spiro atoms. The molecule has 2 rings (SSSR count). The number of benzene rings is 2. The van der Waals surface area contributed by atoms with Gasteiger partial charge >= 0.3 is 0 Å². The van der Waals surface area contributed by atoms with E-state index in [4.69, 9.17) is 4.74 Å². The molecule has 0 saturated heterocycles. The topological polar surface area (TPSA) is 26.3 Å². The standard InChI is InChI=1S/C13H10O.C4H10O/c14-13(11-7-3-1-4-8-11)12-9-5-2-6-10-12;1-4(2)5-3/h1-10H;4H,1-3H3. The van der Waals surface area contributed by atoms with Gasteiger partial charge in [0.15, 0.2) is 5.78 Å². The van der Waals surface area contributed by atoms with E-state index in [9.17, 15) is 4.79 Å². The van der Waals surface area contributed by atoms with E-state index in [0.717, 1.165) is 11.1 Å². The number of rotatable bonds is 3. The van der Waals surface area contributed by atoms with Crippen LogP contribution in [0.3, 0.4) is 0 Å². The maximum absolute atomic E-state index is 11.8. The highest BCUT2D eigenvalue weighted by molar-refractivity contribution is 6.08. The van der Waals surface area contributed by atoms with E-state index in [1.807, 2.05) is 74.5 Å². The number of carbonyl (C=O) groups is 1. The maximum Gasteiger partial charge on any atom is 0.193 e. The van der Waals surface area contributed by atoms with Gasteiger partial charge in [0, 0.05) is 18.2 Å². The molecule has 0 radical (unpaired) electrons. The Morgan fingerprint density at radius 1 is 0.842 bits per heavy atom. The second kappa shape index (κ2) is 8.22. The number of hydrogen-bond acceptors (Lipinski definition) is 2. The number of ether oxygens (including phenoxy) is 1. The zero-order chi connectivity index (χ0) is 14.1. The number of hydrogen-bond donors (Lipinski definition) is 0. The summed E-state index contributed by atoms with van der Waals surface area (Å²) in [5.41, 5.74) is 1.47. The van der Waals surface area contributed by atoms with Crippen molar-refractivity contribution in [2.45, 2.75) is 20.0 Å². The van der Waals surface area contributed by atoms with Gasteiger partial charge in [-0.3, -0.25) is 4.79 Å². The van der Waals surface area contributed by atoms with Crippen LogP contribution in [0.4, 0.5) is 0 Å². The Kier molecular flexibility index (Phi) is 6.55. The Hall–Kier alpha value is -1.93. The molecular weight excluding hydrogens is 236 g/mol. The second-order valence-electron chi connectivity index (χ2n) is 4.35. The summed E-state index contributed by atoms with van der Waals surface area (Å²) in [5, 5.41) is 0. The van der Waals surface area contributed by atoms with Crippen LogP contribution in [0.15, 0.2) is 60.7 Å². The van der Waals surface area contributed by atoms with Crippen molar-refractivity contribution in [2.75, 3.05) is 7.11 Å². The zero-order valence-corrected chi connectivity index (χ0v) is 11.7. The molecule has 0 aliphatic heterocycles. The normalized spacial score (nSPS) is 9.68. The Balaban J connectivity index is 0.000000312. The average molecular weight is 256 g/mol. The number of ketones is 1. The minimum Gasteiger partial charge on any atom is -0.382 e. The molecule has 0 amide bonds. The lowest BCUT2D eigenvalue weighted by molar-refractivity contribution is 0.103. The fourth-order valence-corrected chi connectivity index (χ4v) is 1.35. The molecule has 0 N–H and O–H groups in total. The molecule has 2 aromatic rings. The quantitative estimate of drug-likeness (QED) is 0.777. The summed E-state index contributed by atoms with van der Waals surface area (Å²) in [6, 6.07) is 18.6. The number of methoxy groups -OCH3 is 1. The van der Waals surface area contributed by atoms with Crippen molar-refractivity contribution in [3.63, 3.8) is 0 Å². The van der Waals surface area contributed by atoms with Crippen LogP contribution in [0, 0.1) is 0 Å². The SMILES string of the molecule is COC(C)C.O=C(c1ccccc1)c1ccccc1. The first-order chi connectivity index (χ1) is 9.15. The van der Waals surface area contributed by atoms with E-state index >= 15 is 0 Å². The molecule has 0 saturated carbocycles. The summed E-state index contributed by atoms with van der Waals surface area (Å²) >= 11 is 0. The smallest absolute Gasteiger partial charge is 0.193 e. The first-order valence-electron chi connectivity index (χ1n) is 6.32. The third kappa shape index (κ3) is 5.49. The van der Waals surface area contributed by atoms with Crippen LogP contribution in [-0.4, -0.2) is 19.0 Å². The predicted octanol–water partition coefficient (Wildman–Crippen LogP) is 3.96. The van der Waals surface area contributed by atoms with Gasteiger partial charge in [-0.25, -0.2) is 0 Å². The molecule has 0 aliphatic rings. The van der Waals surface area contributed by atoms with Crippen LogP contribution in [0.2, 0.25) is 0 Å². The fraction of sp³-hybridized carbons (Fsp3) is 0.235. The molecule has 0 bridgehead atoms. The fourth-order valence-electron chi connectivity index (χ4n) is 1.35. The van der Waals surface area contributed by atoms with Gasteiger partial charge in [0.1, 0.15) is 0 Å². The lowest BCUT2D eigenvalue weighted by atomic mass is 10.0. The van der Waals surface area contributed by atoms with E-state index in [1.165, 1.54) is 0 Å². The van der Waals surface area contributed by atoms with Crippen LogP contribution < -0.4 is 0 Å². The molecule has 100 valence electrons. The van der Waals surface area contributed by atoms with Crippen molar-refractivity contribution in [3.05, 3.63) is 71.8 Å². The molecule has 2 heteroatoms. The van der Waals surface area contributed by atoms with Gasteiger partial charge in [0.05, 0.1) is 6.10 Å². The summed E-state index contributed by atoms with van der Waals surface area (Å²) in [6.45, 7) is 4.00. The van der Waals surface area contributed by atoms with Crippen LogP contribution in [0.25, 0.3) is 0 Å². The molecule has 0 aliphatic carbocycles. The average Bonchev–Trinajstić information content (AvgIpc) is 2.49. The Morgan fingerprint density at radius 2 is 1.16 bits per heavy atom. The van der Waals surface area contributed by atoms with Crippen molar-refractivity contribution < 1.29 is 9.53 Å². The molecular formula is C17H20O2.